The monoisotopic (exact) mass is 465 g/mol. The summed E-state index contributed by atoms with van der Waals surface area (Å²) in [5.74, 6) is 0.352. The number of guanidine groups is 1. The van der Waals surface area contributed by atoms with Gasteiger partial charge in [0.1, 0.15) is 17.3 Å². The van der Waals surface area contributed by atoms with Gasteiger partial charge in [-0.2, -0.15) is 16.8 Å². The summed E-state index contributed by atoms with van der Waals surface area (Å²) < 4.78 is 56.9. The van der Waals surface area contributed by atoms with E-state index in [9.17, 15) is 21.6 Å². The lowest BCUT2D eigenvalue weighted by Gasteiger charge is -2.02. The lowest BCUT2D eigenvalue weighted by atomic mass is 10.2. The minimum atomic E-state index is -3.67. The minimum absolute atomic E-state index is 0.276. The summed E-state index contributed by atoms with van der Waals surface area (Å²) in [6.45, 7) is 1.70. The van der Waals surface area contributed by atoms with Crippen molar-refractivity contribution in [2.24, 2.45) is 5.73 Å². The molecule has 0 saturated heterocycles. The predicted molar refractivity (Wildman–Crippen MR) is 110 cm³/mol. The molecule has 13 nitrogen and oxygen atoms in total. The SMILES string of the molecule is COc1cccc(-c2nc(C)c(C(=O)NC(=N)N)[nH]2)c1.CS(=O)(=O)O.CS(=O)(=O)O. The van der Waals surface area contributed by atoms with Crippen LogP contribution in [0.1, 0.15) is 16.2 Å². The van der Waals surface area contributed by atoms with Crippen LogP contribution in [0.2, 0.25) is 0 Å². The van der Waals surface area contributed by atoms with E-state index in [1.807, 2.05) is 24.3 Å². The highest BCUT2D eigenvalue weighted by molar-refractivity contribution is 7.85. The molecule has 0 bridgehead atoms. The number of aryl methyl sites for hydroxylation is 1. The van der Waals surface area contributed by atoms with Gasteiger partial charge in [0, 0.05) is 5.56 Å². The van der Waals surface area contributed by atoms with Crippen molar-refractivity contribution in [2.75, 3.05) is 19.6 Å². The number of nitrogens with one attached hydrogen (secondary N) is 3. The lowest BCUT2D eigenvalue weighted by Crippen LogP contribution is -2.36. The number of carbonyl (C=O) groups excluding carboxylic acids is 1. The molecular weight excluding hydrogens is 442 g/mol. The summed E-state index contributed by atoms with van der Waals surface area (Å²) in [5.41, 5.74) is 6.74. The maximum Gasteiger partial charge on any atom is 0.276 e. The van der Waals surface area contributed by atoms with E-state index in [1.165, 1.54) is 0 Å². The van der Waals surface area contributed by atoms with Crippen molar-refractivity contribution in [3.8, 4) is 17.1 Å². The van der Waals surface area contributed by atoms with E-state index >= 15 is 0 Å². The average molecular weight is 466 g/mol. The molecule has 0 fully saturated rings. The number of hydrogen-bond acceptors (Lipinski definition) is 8. The Hall–Kier alpha value is -3.01. The summed E-state index contributed by atoms with van der Waals surface area (Å²) in [5, 5.41) is 9.28. The van der Waals surface area contributed by atoms with Gasteiger partial charge in [0.25, 0.3) is 26.1 Å². The highest BCUT2D eigenvalue weighted by atomic mass is 32.2. The van der Waals surface area contributed by atoms with Gasteiger partial charge in [-0.15, -0.1) is 0 Å². The molecule has 2 aromatic rings. The van der Waals surface area contributed by atoms with E-state index in [0.29, 0.717) is 29.8 Å². The van der Waals surface area contributed by atoms with E-state index in [4.69, 9.17) is 25.0 Å². The summed E-state index contributed by atoms with van der Waals surface area (Å²) in [7, 11) is -5.75. The van der Waals surface area contributed by atoms with Gasteiger partial charge in [-0.1, -0.05) is 12.1 Å². The van der Waals surface area contributed by atoms with Gasteiger partial charge in [0.15, 0.2) is 5.96 Å². The second kappa shape index (κ2) is 11.2. The van der Waals surface area contributed by atoms with Crippen molar-refractivity contribution in [3.05, 3.63) is 35.7 Å². The fraction of sp³-hybridized carbons (Fsp3) is 0.267. The third-order valence-corrected chi connectivity index (χ3v) is 2.70. The van der Waals surface area contributed by atoms with Gasteiger partial charge < -0.3 is 15.5 Å². The topological polar surface area (TPSA) is 226 Å². The first-order valence-corrected chi connectivity index (χ1v) is 11.4. The second-order valence-corrected chi connectivity index (χ2v) is 8.54. The van der Waals surface area contributed by atoms with Crippen LogP contribution in [0.25, 0.3) is 11.4 Å². The number of hydrogen-bond donors (Lipinski definition) is 6. The van der Waals surface area contributed by atoms with Crippen LogP contribution in [0, 0.1) is 12.3 Å². The van der Waals surface area contributed by atoms with Crippen LogP contribution in [0.4, 0.5) is 0 Å². The highest BCUT2D eigenvalue weighted by Crippen LogP contribution is 2.22. The third kappa shape index (κ3) is 13.2. The normalized spacial score (nSPS) is 10.6. The number of benzene rings is 1. The van der Waals surface area contributed by atoms with E-state index in [1.54, 1.807) is 14.0 Å². The van der Waals surface area contributed by atoms with Crippen LogP contribution < -0.4 is 15.8 Å². The summed E-state index contributed by atoms with van der Waals surface area (Å²) in [4.78, 5) is 19.0. The van der Waals surface area contributed by atoms with Crippen molar-refractivity contribution < 1.29 is 35.5 Å². The molecule has 30 heavy (non-hydrogen) atoms. The fourth-order valence-electron chi connectivity index (χ4n) is 1.77. The summed E-state index contributed by atoms with van der Waals surface area (Å²) in [6, 6.07) is 7.32. The van der Waals surface area contributed by atoms with Crippen LogP contribution in [-0.4, -0.2) is 67.4 Å². The molecule has 1 aromatic carbocycles. The molecule has 0 saturated carbocycles. The molecule has 0 aliphatic rings. The van der Waals surface area contributed by atoms with Gasteiger partial charge in [-0.25, -0.2) is 4.98 Å². The Morgan fingerprint density at radius 2 is 1.70 bits per heavy atom. The third-order valence-electron chi connectivity index (χ3n) is 2.70. The Kier molecular flexibility index (Phi) is 10.1. The quantitative estimate of drug-likeness (QED) is 0.202. The molecule has 0 unspecified atom stereocenters. The molecule has 1 amide bonds. The smallest absolute Gasteiger partial charge is 0.276 e. The number of nitrogens with zero attached hydrogens (tertiary/aromatic N) is 1. The number of carbonyl (C=O) groups is 1. The Morgan fingerprint density at radius 3 is 2.13 bits per heavy atom. The summed E-state index contributed by atoms with van der Waals surface area (Å²) in [6.07, 6.45) is 1.43. The first-order valence-electron chi connectivity index (χ1n) is 7.72. The molecule has 15 heteroatoms. The standard InChI is InChI=1S/C13H15N5O2.2CH4O3S/c1-7-10(12(19)18-13(14)15)17-11(16-7)8-4-3-5-9(6-8)20-2;2*1-5(2,3)4/h3-6H,1-2H3,(H,16,17)(H4,14,15,18,19);2*1H3,(H,2,3,4). The van der Waals surface area contributed by atoms with Crippen molar-refractivity contribution in [3.63, 3.8) is 0 Å². The Labute approximate surface area is 173 Å². The molecule has 168 valence electrons. The Morgan fingerprint density at radius 1 is 1.20 bits per heavy atom. The van der Waals surface area contributed by atoms with Gasteiger partial charge in [0.2, 0.25) is 0 Å². The number of nitrogens with two attached hydrogens (primary N) is 1. The molecular formula is C15H23N5O8S2. The highest BCUT2D eigenvalue weighted by Gasteiger charge is 2.15. The Bertz CT molecular complexity index is 1050. The molecule has 0 radical (unpaired) electrons. The first kappa shape index (κ1) is 27.0. The number of rotatable bonds is 3. The van der Waals surface area contributed by atoms with Crippen LogP contribution in [0.5, 0.6) is 5.75 Å². The fourth-order valence-corrected chi connectivity index (χ4v) is 1.77. The number of aromatic amines is 1. The molecule has 0 spiro atoms. The Balaban J connectivity index is 0.000000702. The predicted octanol–water partition coefficient (Wildman–Crippen LogP) is 0.0250. The van der Waals surface area contributed by atoms with Gasteiger partial charge >= 0.3 is 0 Å². The molecule has 1 heterocycles. The van der Waals surface area contributed by atoms with Crippen LogP contribution in [0.3, 0.4) is 0 Å². The van der Waals surface area contributed by atoms with Gasteiger partial charge in [-0.05, 0) is 19.1 Å². The molecule has 2 rings (SSSR count). The van der Waals surface area contributed by atoms with Crippen molar-refractivity contribution in [1.82, 2.24) is 15.3 Å². The molecule has 0 aliphatic carbocycles. The van der Waals surface area contributed by atoms with E-state index in [2.05, 4.69) is 15.3 Å². The van der Waals surface area contributed by atoms with E-state index in [0.717, 1.165) is 5.56 Å². The van der Waals surface area contributed by atoms with E-state index < -0.39 is 32.1 Å². The zero-order chi connectivity index (χ0) is 23.7. The zero-order valence-electron chi connectivity index (χ0n) is 16.5. The zero-order valence-corrected chi connectivity index (χ0v) is 18.1. The average Bonchev–Trinajstić information content (AvgIpc) is 2.93. The molecule has 7 N–H and O–H groups in total. The maximum atomic E-state index is 11.8. The molecule has 1 aromatic heterocycles. The number of methoxy groups -OCH3 is 1. The van der Waals surface area contributed by atoms with Crippen molar-refractivity contribution >= 4 is 32.1 Å². The number of imidazole rings is 1. The summed E-state index contributed by atoms with van der Waals surface area (Å²) >= 11 is 0. The second-order valence-electron chi connectivity index (χ2n) is 5.61. The number of amides is 1. The van der Waals surface area contributed by atoms with E-state index in [-0.39, 0.29) is 5.69 Å². The van der Waals surface area contributed by atoms with Gasteiger partial charge in [0.05, 0.1) is 25.3 Å². The number of aromatic nitrogens is 2. The number of H-pyrrole nitrogens is 1. The van der Waals surface area contributed by atoms with Crippen LogP contribution >= 0.6 is 0 Å². The first-order chi connectivity index (χ1) is 13.5. The molecule has 0 aliphatic heterocycles. The number of ether oxygens (including phenoxy) is 1. The van der Waals surface area contributed by atoms with Crippen LogP contribution in [0.15, 0.2) is 24.3 Å². The lowest BCUT2D eigenvalue weighted by molar-refractivity contribution is 0.0971. The molecule has 0 atom stereocenters. The van der Waals surface area contributed by atoms with Crippen molar-refractivity contribution in [1.29, 1.82) is 5.41 Å². The van der Waals surface area contributed by atoms with Gasteiger partial charge in [-0.3, -0.25) is 24.6 Å². The van der Waals surface area contributed by atoms with Crippen molar-refractivity contribution in [2.45, 2.75) is 6.92 Å². The van der Waals surface area contributed by atoms with Crippen LogP contribution in [-0.2, 0) is 20.2 Å². The minimum Gasteiger partial charge on any atom is -0.497 e. The maximum absolute atomic E-state index is 11.8. The largest absolute Gasteiger partial charge is 0.497 e.